The monoisotopic (exact) mass is 504 g/mol. The second-order valence-electron chi connectivity index (χ2n) is 11.7. The number of rotatable bonds is 5. The van der Waals surface area contributed by atoms with Crippen molar-refractivity contribution in [1.29, 1.82) is 0 Å². The normalized spacial score (nSPS) is 16.5. The Morgan fingerprint density at radius 2 is 1.58 bits per heavy atom. The number of ether oxygens (including phenoxy) is 1. The molecule has 0 unspecified atom stereocenters. The molecule has 2 aromatic heterocycles. The molecule has 1 saturated carbocycles. The average Bonchev–Trinajstić information content (AvgIpc) is 3.55. The number of hydrogen-bond donors (Lipinski definition) is 0. The summed E-state index contributed by atoms with van der Waals surface area (Å²) in [5, 5.41) is 0. The summed E-state index contributed by atoms with van der Waals surface area (Å²) < 4.78 is 6.38. The Labute approximate surface area is 226 Å². The second kappa shape index (κ2) is 9.46. The average molecular weight is 505 g/mol. The van der Waals surface area contributed by atoms with E-state index < -0.39 is 0 Å². The molecule has 6 rings (SSSR count). The molecular formula is C33H36N4O. The van der Waals surface area contributed by atoms with Gasteiger partial charge in [-0.3, -0.25) is 4.98 Å². The lowest BCUT2D eigenvalue weighted by Crippen LogP contribution is -2.26. The number of pyridine rings is 2. The Kier molecular flexibility index (Phi) is 6.10. The van der Waals surface area contributed by atoms with Crippen LogP contribution in [0.5, 0.6) is 11.6 Å². The van der Waals surface area contributed by atoms with Crippen LogP contribution in [0, 0.1) is 0 Å². The highest BCUT2D eigenvalue weighted by Crippen LogP contribution is 2.47. The minimum Gasteiger partial charge on any atom is -0.439 e. The van der Waals surface area contributed by atoms with E-state index >= 15 is 0 Å². The molecule has 38 heavy (non-hydrogen) atoms. The number of benzene rings is 2. The van der Waals surface area contributed by atoms with E-state index in [1.165, 1.54) is 41.0 Å². The first kappa shape index (κ1) is 24.5. The van der Waals surface area contributed by atoms with Crippen molar-refractivity contribution in [3.05, 3.63) is 102 Å². The molecule has 1 aliphatic heterocycles. The van der Waals surface area contributed by atoms with Gasteiger partial charge in [0.1, 0.15) is 5.75 Å². The van der Waals surface area contributed by atoms with E-state index in [1.54, 1.807) is 0 Å². The summed E-state index contributed by atoms with van der Waals surface area (Å²) in [5.74, 6) is 1.41. The summed E-state index contributed by atoms with van der Waals surface area (Å²) in [6, 6.07) is 25.6. The molecule has 5 nitrogen and oxygen atoms in total. The summed E-state index contributed by atoms with van der Waals surface area (Å²) in [4.78, 5) is 14.0. The number of para-hydroxylation sites is 2. The van der Waals surface area contributed by atoms with Gasteiger partial charge in [0.05, 0.1) is 23.7 Å². The van der Waals surface area contributed by atoms with Crippen LogP contribution >= 0.6 is 0 Å². The first-order valence-corrected chi connectivity index (χ1v) is 13.6. The van der Waals surface area contributed by atoms with E-state index in [2.05, 4.69) is 97.2 Å². The van der Waals surface area contributed by atoms with Crippen molar-refractivity contribution in [3.63, 3.8) is 0 Å². The predicted octanol–water partition coefficient (Wildman–Crippen LogP) is 7.97. The van der Waals surface area contributed by atoms with Crippen LogP contribution in [0.25, 0.3) is 0 Å². The Balaban J connectivity index is 1.30. The third-order valence-electron chi connectivity index (χ3n) is 8.15. The highest BCUT2D eigenvalue weighted by molar-refractivity contribution is 5.82. The van der Waals surface area contributed by atoms with Crippen LogP contribution in [0.3, 0.4) is 0 Å². The summed E-state index contributed by atoms with van der Waals surface area (Å²) in [6.45, 7) is 7.59. The van der Waals surface area contributed by atoms with Gasteiger partial charge >= 0.3 is 0 Å². The summed E-state index contributed by atoms with van der Waals surface area (Å²) in [7, 11) is 2.12. The molecule has 1 aliphatic carbocycles. The zero-order valence-corrected chi connectivity index (χ0v) is 22.8. The molecule has 5 heteroatoms. The fraction of sp³-hybridized carbons (Fsp3) is 0.333. The van der Waals surface area contributed by atoms with E-state index in [9.17, 15) is 0 Å². The number of anilines is 3. The molecule has 194 valence electrons. The second-order valence-corrected chi connectivity index (χ2v) is 11.7. The minimum atomic E-state index is -0.0836. The number of nitrogens with zero attached hydrogens (tertiary/aromatic N) is 4. The number of fused-ring (bicyclic) bond motifs is 1. The molecule has 2 aliphatic rings. The lowest BCUT2D eigenvalue weighted by Gasteiger charge is -2.31. The molecular weight excluding hydrogens is 468 g/mol. The molecule has 1 fully saturated rings. The van der Waals surface area contributed by atoms with Crippen LogP contribution in [0.15, 0.2) is 85.2 Å². The van der Waals surface area contributed by atoms with Gasteiger partial charge in [-0.05, 0) is 71.8 Å². The first-order valence-electron chi connectivity index (χ1n) is 13.6. The Morgan fingerprint density at radius 3 is 2.37 bits per heavy atom. The molecule has 0 N–H and O–H groups in total. The molecule has 0 radical (unpaired) electrons. The highest BCUT2D eigenvalue weighted by atomic mass is 16.5. The fourth-order valence-electron chi connectivity index (χ4n) is 6.03. The third kappa shape index (κ3) is 4.40. The van der Waals surface area contributed by atoms with Crippen molar-refractivity contribution in [2.45, 2.75) is 57.3 Å². The van der Waals surface area contributed by atoms with Crippen molar-refractivity contribution in [2.24, 2.45) is 0 Å². The van der Waals surface area contributed by atoms with Gasteiger partial charge in [-0.15, -0.1) is 0 Å². The maximum atomic E-state index is 6.38. The van der Waals surface area contributed by atoms with Gasteiger partial charge in [-0.25, -0.2) is 4.98 Å². The molecule has 0 amide bonds. The van der Waals surface area contributed by atoms with Crippen LogP contribution < -0.4 is 14.5 Å². The lowest BCUT2D eigenvalue weighted by molar-refractivity contribution is 0.457. The van der Waals surface area contributed by atoms with E-state index in [1.807, 2.05) is 30.6 Å². The van der Waals surface area contributed by atoms with Gasteiger partial charge in [0.25, 0.3) is 0 Å². The van der Waals surface area contributed by atoms with Gasteiger partial charge in [-0.2, -0.15) is 0 Å². The van der Waals surface area contributed by atoms with Crippen LogP contribution in [-0.4, -0.2) is 23.7 Å². The molecule has 2 aromatic carbocycles. The molecule has 3 heterocycles. The maximum Gasteiger partial charge on any atom is 0.221 e. The van der Waals surface area contributed by atoms with E-state index in [0.29, 0.717) is 5.88 Å². The van der Waals surface area contributed by atoms with Gasteiger partial charge in [-0.1, -0.05) is 57.9 Å². The Hall–Kier alpha value is -3.86. The van der Waals surface area contributed by atoms with Crippen molar-refractivity contribution in [2.75, 3.05) is 23.5 Å². The van der Waals surface area contributed by atoms with Crippen molar-refractivity contribution < 1.29 is 4.74 Å². The van der Waals surface area contributed by atoms with E-state index in [4.69, 9.17) is 9.72 Å². The SMILES string of the molecule is CN1CN(c2ccnc(Oc3cccc(C4(c5cc(C(C)(C)C)ccn5)CCCC4)c3)c2)c2ccccc21. The van der Waals surface area contributed by atoms with Crippen LogP contribution in [0.4, 0.5) is 17.1 Å². The first-order chi connectivity index (χ1) is 18.3. The maximum absolute atomic E-state index is 6.38. The predicted molar refractivity (Wildman–Crippen MR) is 155 cm³/mol. The molecule has 0 bridgehead atoms. The quantitative estimate of drug-likeness (QED) is 0.276. The van der Waals surface area contributed by atoms with Gasteiger partial charge in [0.15, 0.2) is 0 Å². The van der Waals surface area contributed by atoms with Crippen LogP contribution in [0.1, 0.15) is 63.3 Å². The largest absolute Gasteiger partial charge is 0.439 e. The topological polar surface area (TPSA) is 41.5 Å². The van der Waals surface area contributed by atoms with E-state index in [-0.39, 0.29) is 10.8 Å². The number of aromatic nitrogens is 2. The molecule has 0 saturated heterocycles. The minimum absolute atomic E-state index is 0.0836. The summed E-state index contributed by atoms with van der Waals surface area (Å²) >= 11 is 0. The smallest absolute Gasteiger partial charge is 0.221 e. The molecule has 4 aromatic rings. The zero-order chi connectivity index (χ0) is 26.3. The standard InChI is InChI=1S/C33H36N4O/c1-32(2,3)24-14-18-34-30(21-24)33(16-7-8-17-33)25-10-9-11-27(20-25)38-31-22-26(15-19-35-31)37-23-36(4)28-12-5-6-13-29(28)37/h5-6,9-15,18-22H,7-8,16-17,23H2,1-4H3. The Bertz CT molecular complexity index is 1450. The zero-order valence-electron chi connectivity index (χ0n) is 22.8. The van der Waals surface area contributed by atoms with E-state index in [0.717, 1.165) is 30.9 Å². The third-order valence-corrected chi connectivity index (χ3v) is 8.15. The van der Waals surface area contributed by atoms with Gasteiger partial charge in [0, 0.05) is 36.6 Å². The molecule has 0 atom stereocenters. The van der Waals surface area contributed by atoms with Gasteiger partial charge in [0.2, 0.25) is 5.88 Å². The van der Waals surface area contributed by atoms with Crippen LogP contribution in [0.2, 0.25) is 0 Å². The number of hydrogen-bond acceptors (Lipinski definition) is 5. The molecule has 0 spiro atoms. The summed E-state index contributed by atoms with van der Waals surface area (Å²) in [6.07, 6.45) is 8.44. The fourth-order valence-corrected chi connectivity index (χ4v) is 6.03. The van der Waals surface area contributed by atoms with Crippen molar-refractivity contribution >= 4 is 17.1 Å². The van der Waals surface area contributed by atoms with Crippen LogP contribution in [-0.2, 0) is 10.8 Å². The lowest BCUT2D eigenvalue weighted by atomic mass is 9.74. The van der Waals surface area contributed by atoms with Gasteiger partial charge < -0.3 is 14.5 Å². The highest BCUT2D eigenvalue weighted by Gasteiger charge is 2.39. The Morgan fingerprint density at radius 1 is 0.816 bits per heavy atom. The summed E-state index contributed by atoms with van der Waals surface area (Å²) in [5.41, 5.74) is 7.28. The van der Waals surface area contributed by atoms with Crippen molar-refractivity contribution in [1.82, 2.24) is 9.97 Å². The van der Waals surface area contributed by atoms with Crippen molar-refractivity contribution in [3.8, 4) is 11.6 Å².